The second kappa shape index (κ2) is 10.5. The first kappa shape index (κ1) is 19.8. The zero-order chi connectivity index (χ0) is 18.8. The number of ether oxygens (including phenoxy) is 2. The largest absolute Gasteiger partial charge is 0.497 e. The van der Waals surface area contributed by atoms with E-state index in [4.69, 9.17) is 9.47 Å². The number of para-hydroxylation sites is 2. The summed E-state index contributed by atoms with van der Waals surface area (Å²) >= 11 is 0. The molecule has 140 valence electrons. The average molecular weight is 356 g/mol. The van der Waals surface area contributed by atoms with Crippen LogP contribution < -0.4 is 14.8 Å². The summed E-state index contributed by atoms with van der Waals surface area (Å²) in [5.74, 6) is 1.35. The predicted molar refractivity (Wildman–Crippen MR) is 105 cm³/mol. The van der Waals surface area contributed by atoms with E-state index in [2.05, 4.69) is 24.1 Å². The van der Waals surface area contributed by atoms with Crippen LogP contribution in [0.1, 0.15) is 19.4 Å². The highest BCUT2D eigenvalue weighted by atomic mass is 16.5. The summed E-state index contributed by atoms with van der Waals surface area (Å²) in [5.41, 5.74) is 1.60. The van der Waals surface area contributed by atoms with Crippen LogP contribution in [-0.4, -0.2) is 44.2 Å². The van der Waals surface area contributed by atoms with Crippen molar-refractivity contribution in [1.29, 1.82) is 0 Å². The molecule has 0 aliphatic heterocycles. The molecule has 0 unspecified atom stereocenters. The Morgan fingerprint density at radius 1 is 1.08 bits per heavy atom. The van der Waals surface area contributed by atoms with E-state index in [0.717, 1.165) is 30.9 Å². The summed E-state index contributed by atoms with van der Waals surface area (Å²) in [6, 6.07) is 15.1. The maximum absolute atomic E-state index is 12.4. The van der Waals surface area contributed by atoms with Crippen molar-refractivity contribution in [2.45, 2.75) is 20.3 Å². The van der Waals surface area contributed by atoms with Gasteiger partial charge in [0, 0.05) is 6.54 Å². The molecule has 0 spiro atoms. The van der Waals surface area contributed by atoms with E-state index in [0.29, 0.717) is 18.0 Å². The van der Waals surface area contributed by atoms with E-state index in [-0.39, 0.29) is 12.3 Å². The minimum atomic E-state index is -0.0851. The van der Waals surface area contributed by atoms with Crippen LogP contribution in [0, 0.1) is 0 Å². The fourth-order valence-corrected chi connectivity index (χ4v) is 2.68. The highest BCUT2D eigenvalue weighted by molar-refractivity contribution is 5.93. The van der Waals surface area contributed by atoms with Gasteiger partial charge in [-0.3, -0.25) is 4.79 Å². The smallest absolute Gasteiger partial charge is 0.228 e. The summed E-state index contributed by atoms with van der Waals surface area (Å²) < 4.78 is 11.1. The van der Waals surface area contributed by atoms with E-state index in [9.17, 15) is 4.79 Å². The van der Waals surface area contributed by atoms with Crippen molar-refractivity contribution in [1.82, 2.24) is 4.90 Å². The molecule has 0 aromatic heterocycles. The summed E-state index contributed by atoms with van der Waals surface area (Å²) in [7, 11) is 1.62. The van der Waals surface area contributed by atoms with Gasteiger partial charge >= 0.3 is 0 Å². The van der Waals surface area contributed by atoms with Crippen molar-refractivity contribution in [3.05, 3.63) is 54.1 Å². The number of nitrogens with one attached hydrogen (secondary N) is 1. The first-order chi connectivity index (χ1) is 12.7. The molecule has 2 rings (SSSR count). The van der Waals surface area contributed by atoms with Crippen LogP contribution >= 0.6 is 0 Å². The molecule has 5 heteroatoms. The number of anilines is 1. The second-order valence-corrected chi connectivity index (χ2v) is 5.95. The lowest BCUT2D eigenvalue weighted by molar-refractivity contribution is -0.115. The first-order valence-electron chi connectivity index (χ1n) is 9.03. The lowest BCUT2D eigenvalue weighted by atomic mass is 10.1. The van der Waals surface area contributed by atoms with Crippen molar-refractivity contribution in [3.8, 4) is 11.5 Å². The van der Waals surface area contributed by atoms with Gasteiger partial charge in [-0.25, -0.2) is 0 Å². The Morgan fingerprint density at radius 3 is 2.58 bits per heavy atom. The summed E-state index contributed by atoms with van der Waals surface area (Å²) in [6.07, 6.45) is 0.283. The Labute approximate surface area is 155 Å². The van der Waals surface area contributed by atoms with Crippen molar-refractivity contribution >= 4 is 11.6 Å². The lowest BCUT2D eigenvalue weighted by Crippen LogP contribution is -2.28. The molecule has 26 heavy (non-hydrogen) atoms. The minimum Gasteiger partial charge on any atom is -0.497 e. The second-order valence-electron chi connectivity index (χ2n) is 5.95. The van der Waals surface area contributed by atoms with Crippen LogP contribution in [0.3, 0.4) is 0 Å². The first-order valence-corrected chi connectivity index (χ1v) is 9.03. The number of nitrogens with zero attached hydrogens (tertiary/aromatic N) is 1. The maximum atomic E-state index is 12.4. The molecule has 0 saturated heterocycles. The predicted octanol–water partition coefficient (Wildman–Crippen LogP) is 3.60. The number of methoxy groups -OCH3 is 1. The standard InChI is InChI=1S/C21H28N2O3/c1-4-23(5-2)13-14-26-20-12-7-6-11-19(20)22-21(24)16-17-9-8-10-18(15-17)25-3/h6-12,15H,4-5,13-14,16H2,1-3H3,(H,22,24). The Balaban J connectivity index is 1.94. The third kappa shape index (κ3) is 6.08. The Morgan fingerprint density at radius 2 is 1.85 bits per heavy atom. The maximum Gasteiger partial charge on any atom is 0.228 e. The Kier molecular flexibility index (Phi) is 7.96. The van der Waals surface area contributed by atoms with Crippen LogP contribution in [0.5, 0.6) is 11.5 Å². The van der Waals surface area contributed by atoms with Gasteiger partial charge in [-0.15, -0.1) is 0 Å². The molecule has 0 aliphatic carbocycles. The Bertz CT molecular complexity index is 699. The van der Waals surface area contributed by atoms with Gasteiger partial charge in [0.05, 0.1) is 19.2 Å². The van der Waals surface area contributed by atoms with Crippen LogP contribution in [0.2, 0.25) is 0 Å². The van der Waals surface area contributed by atoms with E-state index >= 15 is 0 Å². The van der Waals surface area contributed by atoms with Gasteiger partial charge in [0.1, 0.15) is 18.1 Å². The number of carbonyl (C=O) groups excluding carboxylic acids is 1. The van der Waals surface area contributed by atoms with E-state index in [1.807, 2.05) is 48.5 Å². The Hall–Kier alpha value is -2.53. The number of benzene rings is 2. The molecular formula is C21H28N2O3. The average Bonchev–Trinajstić information content (AvgIpc) is 2.66. The molecule has 1 amide bonds. The molecule has 0 aliphatic rings. The van der Waals surface area contributed by atoms with E-state index < -0.39 is 0 Å². The number of carbonyl (C=O) groups is 1. The van der Waals surface area contributed by atoms with Gasteiger partial charge in [-0.05, 0) is 42.9 Å². The highest BCUT2D eigenvalue weighted by Crippen LogP contribution is 2.24. The number of likely N-dealkylation sites (N-methyl/N-ethyl adjacent to an activating group) is 1. The van der Waals surface area contributed by atoms with Crippen LogP contribution in [0.15, 0.2) is 48.5 Å². The summed E-state index contributed by atoms with van der Waals surface area (Å²) in [4.78, 5) is 14.7. The fourth-order valence-electron chi connectivity index (χ4n) is 2.68. The van der Waals surface area contributed by atoms with Crippen molar-refractivity contribution < 1.29 is 14.3 Å². The molecule has 0 heterocycles. The molecule has 2 aromatic rings. The molecule has 0 bridgehead atoms. The molecular weight excluding hydrogens is 328 g/mol. The summed E-state index contributed by atoms with van der Waals surface area (Å²) in [5, 5.41) is 2.94. The third-order valence-electron chi connectivity index (χ3n) is 4.22. The van der Waals surface area contributed by atoms with Gasteiger partial charge in [-0.2, -0.15) is 0 Å². The molecule has 0 atom stereocenters. The number of rotatable bonds is 10. The van der Waals surface area contributed by atoms with Gasteiger partial charge < -0.3 is 19.7 Å². The SMILES string of the molecule is CCN(CC)CCOc1ccccc1NC(=O)Cc1cccc(OC)c1. The fraction of sp³-hybridized carbons (Fsp3) is 0.381. The molecule has 2 aromatic carbocycles. The minimum absolute atomic E-state index is 0.0851. The van der Waals surface area contributed by atoms with Gasteiger partial charge in [0.25, 0.3) is 0 Å². The topological polar surface area (TPSA) is 50.8 Å². The zero-order valence-corrected chi connectivity index (χ0v) is 15.8. The van der Waals surface area contributed by atoms with Crippen LogP contribution in [0.4, 0.5) is 5.69 Å². The monoisotopic (exact) mass is 356 g/mol. The van der Waals surface area contributed by atoms with Crippen LogP contribution in [0.25, 0.3) is 0 Å². The number of hydrogen-bond acceptors (Lipinski definition) is 4. The van der Waals surface area contributed by atoms with Gasteiger partial charge in [0.15, 0.2) is 0 Å². The lowest BCUT2D eigenvalue weighted by Gasteiger charge is -2.19. The normalized spacial score (nSPS) is 10.6. The highest BCUT2D eigenvalue weighted by Gasteiger charge is 2.09. The molecule has 0 saturated carbocycles. The van der Waals surface area contributed by atoms with E-state index in [1.165, 1.54) is 0 Å². The summed E-state index contributed by atoms with van der Waals surface area (Å²) in [6.45, 7) is 7.72. The third-order valence-corrected chi connectivity index (χ3v) is 4.22. The molecule has 1 N–H and O–H groups in total. The zero-order valence-electron chi connectivity index (χ0n) is 15.8. The van der Waals surface area contributed by atoms with Gasteiger partial charge in [-0.1, -0.05) is 38.1 Å². The van der Waals surface area contributed by atoms with E-state index in [1.54, 1.807) is 7.11 Å². The van der Waals surface area contributed by atoms with Crippen LogP contribution in [-0.2, 0) is 11.2 Å². The van der Waals surface area contributed by atoms with Crippen molar-refractivity contribution in [2.24, 2.45) is 0 Å². The number of hydrogen-bond donors (Lipinski definition) is 1. The number of amides is 1. The van der Waals surface area contributed by atoms with Crippen molar-refractivity contribution in [3.63, 3.8) is 0 Å². The van der Waals surface area contributed by atoms with Crippen molar-refractivity contribution in [2.75, 3.05) is 38.7 Å². The molecule has 0 fully saturated rings. The quantitative estimate of drug-likeness (QED) is 0.707. The molecule has 5 nitrogen and oxygen atoms in total. The van der Waals surface area contributed by atoms with Gasteiger partial charge in [0.2, 0.25) is 5.91 Å². The molecule has 0 radical (unpaired) electrons.